The topological polar surface area (TPSA) is 93.4 Å². The molecule has 1 saturated heterocycles. The van der Waals surface area contributed by atoms with Crippen LogP contribution in [0, 0.1) is 23.2 Å². The number of carbonyl (C=O) groups excluding carboxylic acids is 1. The minimum absolute atomic E-state index is 0.103. The maximum absolute atomic E-state index is 12.2. The summed E-state index contributed by atoms with van der Waals surface area (Å²) in [6.07, 6.45) is 0. The number of hydrogen-bond donors (Lipinski definition) is 2. The van der Waals surface area contributed by atoms with Crippen LogP contribution >= 0.6 is 11.6 Å². The monoisotopic (exact) mass is 307 g/mol. The van der Waals surface area contributed by atoms with E-state index >= 15 is 0 Å². The molecular weight excluding hydrogens is 294 g/mol. The summed E-state index contributed by atoms with van der Waals surface area (Å²) in [5, 5.41) is 20.9. The molecule has 0 bridgehead atoms. The average molecular weight is 308 g/mol. The first kappa shape index (κ1) is 15.1. The van der Waals surface area contributed by atoms with Gasteiger partial charge in [0.25, 0.3) is 0 Å². The molecule has 2 rings (SSSR count). The number of carboxylic acid groups (broad SMARTS) is 1. The Kier molecular flexibility index (Phi) is 4.34. The summed E-state index contributed by atoms with van der Waals surface area (Å²) in [4.78, 5) is 24.7. The van der Waals surface area contributed by atoms with Crippen molar-refractivity contribution in [2.24, 2.45) is 11.8 Å². The van der Waals surface area contributed by atoms with Crippen LogP contribution in [0.3, 0.4) is 0 Å². The van der Waals surface area contributed by atoms with Gasteiger partial charge in [-0.25, -0.2) is 4.79 Å². The largest absolute Gasteiger partial charge is 0.481 e. The number of carboxylic acids is 1. The van der Waals surface area contributed by atoms with E-state index in [2.05, 4.69) is 5.32 Å². The van der Waals surface area contributed by atoms with Crippen LogP contribution in [0.4, 0.5) is 10.5 Å². The van der Waals surface area contributed by atoms with E-state index in [0.717, 1.165) is 0 Å². The number of nitrogens with zero attached hydrogens (tertiary/aromatic N) is 2. The van der Waals surface area contributed by atoms with Crippen molar-refractivity contribution in [3.8, 4) is 6.07 Å². The Balaban J connectivity index is 2.09. The van der Waals surface area contributed by atoms with E-state index in [0.29, 0.717) is 22.8 Å². The quantitative estimate of drug-likeness (QED) is 0.877. The highest BCUT2D eigenvalue weighted by Crippen LogP contribution is 2.26. The lowest BCUT2D eigenvalue weighted by Crippen LogP contribution is -2.33. The Morgan fingerprint density at radius 1 is 1.48 bits per heavy atom. The van der Waals surface area contributed by atoms with Gasteiger partial charge in [0.05, 0.1) is 28.3 Å². The zero-order chi connectivity index (χ0) is 15.6. The van der Waals surface area contributed by atoms with Gasteiger partial charge in [-0.05, 0) is 24.1 Å². The molecule has 1 aliphatic heterocycles. The fourth-order valence-electron chi connectivity index (χ4n) is 2.34. The van der Waals surface area contributed by atoms with Crippen molar-refractivity contribution in [2.45, 2.75) is 6.92 Å². The van der Waals surface area contributed by atoms with E-state index in [1.807, 2.05) is 6.07 Å². The summed E-state index contributed by atoms with van der Waals surface area (Å²) < 4.78 is 0. The summed E-state index contributed by atoms with van der Waals surface area (Å²) in [5.74, 6) is -1.56. The number of aliphatic carboxylic acids is 1. The van der Waals surface area contributed by atoms with Crippen LogP contribution in [0.1, 0.15) is 12.5 Å². The van der Waals surface area contributed by atoms with Gasteiger partial charge >= 0.3 is 12.0 Å². The fourth-order valence-corrected chi connectivity index (χ4v) is 2.50. The van der Waals surface area contributed by atoms with E-state index in [-0.39, 0.29) is 12.5 Å². The number of anilines is 1. The van der Waals surface area contributed by atoms with Crippen molar-refractivity contribution in [3.05, 3.63) is 28.8 Å². The molecule has 0 aliphatic carbocycles. The third-order valence-corrected chi connectivity index (χ3v) is 3.88. The maximum atomic E-state index is 12.2. The van der Waals surface area contributed by atoms with E-state index in [4.69, 9.17) is 22.0 Å². The van der Waals surface area contributed by atoms with Crippen molar-refractivity contribution in [2.75, 3.05) is 18.4 Å². The van der Waals surface area contributed by atoms with Gasteiger partial charge in [0, 0.05) is 13.1 Å². The molecule has 2 atom stereocenters. The third-order valence-electron chi connectivity index (χ3n) is 3.55. The van der Waals surface area contributed by atoms with Gasteiger partial charge in [-0.2, -0.15) is 5.26 Å². The van der Waals surface area contributed by atoms with Crippen LogP contribution in [0.2, 0.25) is 5.02 Å². The van der Waals surface area contributed by atoms with Gasteiger partial charge in [-0.3, -0.25) is 4.79 Å². The number of rotatable bonds is 2. The lowest BCUT2D eigenvalue weighted by molar-refractivity contribution is -0.142. The summed E-state index contributed by atoms with van der Waals surface area (Å²) >= 11 is 5.97. The number of carbonyl (C=O) groups is 2. The van der Waals surface area contributed by atoms with Crippen LogP contribution in [-0.4, -0.2) is 35.1 Å². The van der Waals surface area contributed by atoms with E-state index in [1.165, 1.54) is 17.0 Å². The van der Waals surface area contributed by atoms with Gasteiger partial charge in [0.2, 0.25) is 0 Å². The molecule has 0 unspecified atom stereocenters. The first-order valence-corrected chi connectivity index (χ1v) is 6.78. The fraction of sp³-hybridized carbons (Fsp3) is 0.357. The summed E-state index contributed by atoms with van der Waals surface area (Å²) in [7, 11) is 0. The molecule has 0 aromatic heterocycles. The minimum atomic E-state index is -0.901. The second-order valence-corrected chi connectivity index (χ2v) is 5.47. The van der Waals surface area contributed by atoms with Gasteiger partial charge in [0.15, 0.2) is 0 Å². The number of halogens is 1. The van der Waals surface area contributed by atoms with Crippen LogP contribution < -0.4 is 5.32 Å². The molecule has 2 amide bonds. The van der Waals surface area contributed by atoms with Crippen LogP contribution in [0.25, 0.3) is 0 Å². The molecule has 1 aliphatic rings. The standard InChI is InChI=1S/C14H14ClN3O3/c1-8-6-18(7-10(8)13(19)20)14(21)17-12-4-9(5-16)2-3-11(12)15/h2-4,8,10H,6-7H2,1H3,(H,17,21)(H,19,20)/t8-,10-/m1/s1. The number of urea groups is 1. The van der Waals surface area contributed by atoms with Crippen LogP contribution in [0.15, 0.2) is 18.2 Å². The molecule has 1 heterocycles. The summed E-state index contributed by atoms with van der Waals surface area (Å²) in [6.45, 7) is 2.34. The maximum Gasteiger partial charge on any atom is 0.321 e. The van der Waals surface area contributed by atoms with Crippen molar-refractivity contribution in [3.63, 3.8) is 0 Å². The SMILES string of the molecule is C[C@@H]1CN(C(=O)Nc2cc(C#N)ccc2Cl)C[C@H]1C(=O)O. The summed E-state index contributed by atoms with van der Waals surface area (Å²) in [5.41, 5.74) is 0.722. The normalized spacial score (nSPS) is 20.9. The molecule has 0 saturated carbocycles. The number of likely N-dealkylation sites (tertiary alicyclic amines) is 1. The number of nitriles is 1. The Bertz CT molecular complexity index is 626. The molecule has 110 valence electrons. The number of hydrogen-bond acceptors (Lipinski definition) is 3. The first-order valence-electron chi connectivity index (χ1n) is 6.40. The Morgan fingerprint density at radius 3 is 2.76 bits per heavy atom. The lowest BCUT2D eigenvalue weighted by atomic mass is 9.99. The highest BCUT2D eigenvalue weighted by Gasteiger charge is 2.37. The van der Waals surface area contributed by atoms with Gasteiger partial charge in [-0.15, -0.1) is 0 Å². The second kappa shape index (κ2) is 6.02. The molecule has 1 aromatic carbocycles. The molecule has 0 radical (unpaired) electrons. The molecule has 21 heavy (non-hydrogen) atoms. The molecule has 1 aromatic rings. The molecule has 0 spiro atoms. The van der Waals surface area contributed by atoms with Gasteiger partial charge < -0.3 is 15.3 Å². The second-order valence-electron chi connectivity index (χ2n) is 5.06. The zero-order valence-electron chi connectivity index (χ0n) is 11.3. The molecule has 7 heteroatoms. The van der Waals surface area contributed by atoms with E-state index in [9.17, 15) is 9.59 Å². The lowest BCUT2D eigenvalue weighted by Gasteiger charge is -2.17. The smallest absolute Gasteiger partial charge is 0.321 e. The van der Waals surface area contributed by atoms with E-state index in [1.54, 1.807) is 13.0 Å². The number of benzene rings is 1. The highest BCUT2D eigenvalue weighted by molar-refractivity contribution is 6.33. The van der Waals surface area contributed by atoms with Crippen molar-refractivity contribution < 1.29 is 14.7 Å². The molecular formula is C14H14ClN3O3. The predicted molar refractivity (Wildman–Crippen MR) is 77.0 cm³/mol. The molecule has 1 fully saturated rings. The first-order chi connectivity index (χ1) is 9.92. The van der Waals surface area contributed by atoms with Crippen LogP contribution in [0.5, 0.6) is 0 Å². The summed E-state index contributed by atoms with van der Waals surface area (Å²) in [6, 6.07) is 6.11. The van der Waals surface area contributed by atoms with Crippen molar-refractivity contribution in [1.82, 2.24) is 4.90 Å². The Hall–Kier alpha value is -2.26. The van der Waals surface area contributed by atoms with Crippen molar-refractivity contribution >= 4 is 29.3 Å². The predicted octanol–water partition coefficient (Wildman–Crippen LogP) is 2.40. The van der Waals surface area contributed by atoms with Crippen LogP contribution in [-0.2, 0) is 4.79 Å². The zero-order valence-corrected chi connectivity index (χ0v) is 12.1. The average Bonchev–Trinajstić information content (AvgIpc) is 2.83. The highest BCUT2D eigenvalue weighted by atomic mass is 35.5. The molecule has 2 N–H and O–H groups in total. The Morgan fingerprint density at radius 2 is 2.19 bits per heavy atom. The van der Waals surface area contributed by atoms with Gasteiger partial charge in [-0.1, -0.05) is 18.5 Å². The number of nitrogens with one attached hydrogen (secondary N) is 1. The van der Waals surface area contributed by atoms with Gasteiger partial charge in [0.1, 0.15) is 0 Å². The Labute approximate surface area is 126 Å². The third kappa shape index (κ3) is 3.26. The van der Waals surface area contributed by atoms with Crippen molar-refractivity contribution in [1.29, 1.82) is 5.26 Å². The van der Waals surface area contributed by atoms with E-state index < -0.39 is 17.9 Å². The molecule has 6 nitrogen and oxygen atoms in total. The minimum Gasteiger partial charge on any atom is -0.481 e. The number of amides is 2.